The third-order valence-electron chi connectivity index (χ3n) is 5.42. The van der Waals surface area contributed by atoms with E-state index in [2.05, 4.69) is 12.2 Å². The second-order valence-corrected chi connectivity index (χ2v) is 7.66. The SMILES string of the molecule is CCCCCCCCCCCCCCCC(O)C1CCCCN1. The molecule has 1 heterocycles. The van der Waals surface area contributed by atoms with Crippen molar-refractivity contribution in [3.63, 3.8) is 0 Å². The van der Waals surface area contributed by atoms with E-state index in [-0.39, 0.29) is 6.10 Å². The third-order valence-corrected chi connectivity index (χ3v) is 5.42. The van der Waals surface area contributed by atoms with Crippen molar-refractivity contribution in [1.29, 1.82) is 0 Å². The Kier molecular flexibility index (Phi) is 14.1. The molecule has 0 amide bonds. The number of hydrogen-bond donors (Lipinski definition) is 2. The lowest BCUT2D eigenvalue weighted by molar-refractivity contribution is 0.102. The Morgan fingerprint density at radius 2 is 1.30 bits per heavy atom. The largest absolute Gasteiger partial charge is 0.392 e. The fourth-order valence-corrected chi connectivity index (χ4v) is 3.78. The molecule has 23 heavy (non-hydrogen) atoms. The van der Waals surface area contributed by atoms with Gasteiger partial charge in [-0.05, 0) is 25.8 Å². The fourth-order valence-electron chi connectivity index (χ4n) is 3.78. The van der Waals surface area contributed by atoms with Gasteiger partial charge in [0.05, 0.1) is 6.10 Å². The zero-order valence-electron chi connectivity index (χ0n) is 15.8. The van der Waals surface area contributed by atoms with Crippen molar-refractivity contribution in [3.8, 4) is 0 Å². The Morgan fingerprint density at radius 1 is 0.783 bits per heavy atom. The molecule has 0 aromatic heterocycles. The molecule has 2 heteroatoms. The molecule has 1 aliphatic rings. The smallest absolute Gasteiger partial charge is 0.0693 e. The molecule has 0 radical (unpaired) electrons. The van der Waals surface area contributed by atoms with Crippen molar-refractivity contribution < 1.29 is 5.11 Å². The van der Waals surface area contributed by atoms with Gasteiger partial charge in [-0.3, -0.25) is 0 Å². The van der Waals surface area contributed by atoms with E-state index in [9.17, 15) is 5.11 Å². The van der Waals surface area contributed by atoms with E-state index in [1.54, 1.807) is 0 Å². The molecule has 1 rings (SSSR count). The molecule has 0 aromatic carbocycles. The molecule has 2 unspecified atom stereocenters. The Morgan fingerprint density at radius 3 is 1.78 bits per heavy atom. The number of rotatable bonds is 15. The topological polar surface area (TPSA) is 32.3 Å². The Bertz CT molecular complexity index is 238. The highest BCUT2D eigenvalue weighted by Gasteiger charge is 2.20. The first-order valence-electron chi connectivity index (χ1n) is 10.8. The summed E-state index contributed by atoms with van der Waals surface area (Å²) in [5, 5.41) is 13.7. The maximum absolute atomic E-state index is 10.2. The summed E-state index contributed by atoms with van der Waals surface area (Å²) in [6.07, 6.45) is 22.8. The zero-order valence-corrected chi connectivity index (χ0v) is 15.8. The molecular weight excluding hydrogens is 282 g/mol. The maximum atomic E-state index is 10.2. The molecule has 0 aliphatic carbocycles. The summed E-state index contributed by atoms with van der Waals surface area (Å²) in [6, 6.07) is 0.376. The Balaban J connectivity index is 1.76. The van der Waals surface area contributed by atoms with Crippen LogP contribution in [0.25, 0.3) is 0 Å². The van der Waals surface area contributed by atoms with E-state index in [1.807, 2.05) is 0 Å². The average Bonchev–Trinajstić information content (AvgIpc) is 2.59. The highest BCUT2D eigenvalue weighted by atomic mass is 16.3. The molecule has 0 bridgehead atoms. The van der Waals surface area contributed by atoms with Crippen molar-refractivity contribution in [2.45, 2.75) is 128 Å². The number of aliphatic hydroxyl groups excluding tert-OH is 1. The Hall–Kier alpha value is -0.0800. The Labute approximate surface area is 145 Å². The molecule has 2 atom stereocenters. The molecule has 2 nitrogen and oxygen atoms in total. The summed E-state index contributed by atoms with van der Waals surface area (Å²) in [4.78, 5) is 0. The minimum Gasteiger partial charge on any atom is -0.392 e. The van der Waals surface area contributed by atoms with E-state index < -0.39 is 0 Å². The molecule has 1 fully saturated rings. The van der Waals surface area contributed by atoms with E-state index in [0.29, 0.717) is 6.04 Å². The molecule has 138 valence electrons. The second kappa shape index (κ2) is 15.4. The van der Waals surface area contributed by atoms with Crippen LogP contribution in [-0.2, 0) is 0 Å². The van der Waals surface area contributed by atoms with Crippen molar-refractivity contribution in [3.05, 3.63) is 0 Å². The van der Waals surface area contributed by atoms with Crippen LogP contribution in [0.15, 0.2) is 0 Å². The van der Waals surface area contributed by atoms with Gasteiger partial charge in [0, 0.05) is 6.04 Å². The first kappa shape index (κ1) is 21.0. The van der Waals surface area contributed by atoms with Crippen molar-refractivity contribution in [2.75, 3.05) is 6.54 Å². The summed E-state index contributed by atoms with van der Waals surface area (Å²) in [6.45, 7) is 3.38. The van der Waals surface area contributed by atoms with Gasteiger partial charge in [0.2, 0.25) is 0 Å². The van der Waals surface area contributed by atoms with Gasteiger partial charge in [0.25, 0.3) is 0 Å². The van der Waals surface area contributed by atoms with Crippen LogP contribution in [0.1, 0.15) is 116 Å². The zero-order chi connectivity index (χ0) is 16.6. The van der Waals surface area contributed by atoms with E-state index in [4.69, 9.17) is 0 Å². The minimum atomic E-state index is -0.108. The third kappa shape index (κ3) is 12.0. The van der Waals surface area contributed by atoms with Gasteiger partial charge in [-0.25, -0.2) is 0 Å². The average molecular weight is 326 g/mol. The molecule has 1 saturated heterocycles. The standard InChI is InChI=1S/C21H43NO/c1-2-3-4-5-6-7-8-9-10-11-12-13-14-18-21(23)20-17-15-16-19-22-20/h20-23H,2-19H2,1H3. The van der Waals surface area contributed by atoms with E-state index in [1.165, 1.54) is 103 Å². The highest BCUT2D eigenvalue weighted by Crippen LogP contribution is 2.16. The van der Waals surface area contributed by atoms with Crippen LogP contribution < -0.4 is 5.32 Å². The second-order valence-electron chi connectivity index (χ2n) is 7.66. The maximum Gasteiger partial charge on any atom is 0.0693 e. The van der Waals surface area contributed by atoms with Gasteiger partial charge < -0.3 is 10.4 Å². The number of nitrogens with one attached hydrogen (secondary N) is 1. The monoisotopic (exact) mass is 325 g/mol. The summed E-state index contributed by atoms with van der Waals surface area (Å²) in [7, 11) is 0. The predicted octanol–water partition coefficient (Wildman–Crippen LogP) is 5.97. The van der Waals surface area contributed by atoms with Crippen LogP contribution in [0.5, 0.6) is 0 Å². The van der Waals surface area contributed by atoms with Crippen LogP contribution in [0.2, 0.25) is 0 Å². The molecule has 0 aromatic rings. The lowest BCUT2D eigenvalue weighted by Gasteiger charge is -2.28. The lowest BCUT2D eigenvalue weighted by atomic mass is 9.96. The van der Waals surface area contributed by atoms with Gasteiger partial charge in [-0.2, -0.15) is 0 Å². The summed E-state index contributed by atoms with van der Waals surface area (Å²) in [5.41, 5.74) is 0. The van der Waals surface area contributed by atoms with Crippen molar-refractivity contribution in [1.82, 2.24) is 5.32 Å². The van der Waals surface area contributed by atoms with Crippen LogP contribution in [0.4, 0.5) is 0 Å². The van der Waals surface area contributed by atoms with Gasteiger partial charge in [-0.15, -0.1) is 0 Å². The van der Waals surface area contributed by atoms with Crippen LogP contribution in [0.3, 0.4) is 0 Å². The van der Waals surface area contributed by atoms with E-state index in [0.717, 1.165) is 13.0 Å². The summed E-state index contributed by atoms with van der Waals surface area (Å²) < 4.78 is 0. The predicted molar refractivity (Wildman–Crippen MR) is 102 cm³/mol. The number of aliphatic hydroxyl groups is 1. The molecule has 1 aliphatic heterocycles. The first-order chi connectivity index (χ1) is 11.3. The van der Waals surface area contributed by atoms with Gasteiger partial charge >= 0.3 is 0 Å². The quantitative estimate of drug-likeness (QED) is 0.363. The summed E-state index contributed by atoms with van der Waals surface area (Å²) >= 11 is 0. The number of unbranched alkanes of at least 4 members (excludes halogenated alkanes) is 12. The molecule has 0 spiro atoms. The van der Waals surface area contributed by atoms with Crippen LogP contribution >= 0.6 is 0 Å². The molecule has 0 saturated carbocycles. The summed E-state index contributed by atoms with van der Waals surface area (Å²) in [5.74, 6) is 0. The number of piperidine rings is 1. The first-order valence-corrected chi connectivity index (χ1v) is 10.8. The van der Waals surface area contributed by atoms with Crippen molar-refractivity contribution in [2.24, 2.45) is 0 Å². The fraction of sp³-hybridized carbons (Fsp3) is 1.00. The molecule has 2 N–H and O–H groups in total. The van der Waals surface area contributed by atoms with Crippen LogP contribution in [-0.4, -0.2) is 23.8 Å². The van der Waals surface area contributed by atoms with Gasteiger partial charge in [0.1, 0.15) is 0 Å². The normalized spacial score (nSPS) is 19.8. The molecular formula is C21H43NO. The van der Waals surface area contributed by atoms with Crippen molar-refractivity contribution >= 4 is 0 Å². The van der Waals surface area contributed by atoms with Crippen LogP contribution in [0, 0.1) is 0 Å². The van der Waals surface area contributed by atoms with E-state index >= 15 is 0 Å². The highest BCUT2D eigenvalue weighted by molar-refractivity contribution is 4.79. The number of hydrogen-bond acceptors (Lipinski definition) is 2. The minimum absolute atomic E-state index is 0.108. The lowest BCUT2D eigenvalue weighted by Crippen LogP contribution is -2.43. The van der Waals surface area contributed by atoms with Gasteiger partial charge in [-0.1, -0.05) is 96.8 Å². The van der Waals surface area contributed by atoms with Gasteiger partial charge in [0.15, 0.2) is 0 Å².